The van der Waals surface area contributed by atoms with E-state index in [1.807, 2.05) is 23.9 Å². The second kappa shape index (κ2) is 6.70. The number of rotatable bonds is 5. The Morgan fingerprint density at radius 1 is 1.12 bits per heavy atom. The van der Waals surface area contributed by atoms with Gasteiger partial charge in [0, 0.05) is 6.04 Å². The Bertz CT molecular complexity index is 876. The fraction of sp³-hybridized carbons (Fsp3) is 0.880. The van der Waals surface area contributed by atoms with Crippen LogP contribution in [0.4, 0.5) is 0 Å². The van der Waals surface area contributed by atoms with E-state index in [9.17, 15) is 14.9 Å². The molecule has 8 atom stereocenters. The quantitative estimate of drug-likeness (QED) is 0.658. The van der Waals surface area contributed by atoms with Crippen molar-refractivity contribution in [1.82, 2.24) is 9.80 Å². The van der Waals surface area contributed by atoms with Crippen molar-refractivity contribution in [1.29, 1.82) is 5.26 Å². The van der Waals surface area contributed by atoms with E-state index in [2.05, 4.69) is 6.07 Å². The number of piperidine rings is 1. The first kappa shape index (κ1) is 20.9. The molecule has 174 valence electrons. The number of ether oxygens (including phenoxy) is 1. The summed E-state index contributed by atoms with van der Waals surface area (Å²) in [4.78, 5) is 30.9. The molecule has 5 unspecified atom stereocenters. The summed E-state index contributed by atoms with van der Waals surface area (Å²) < 4.78 is 6.46. The number of likely N-dealkylation sites (tertiary alicyclic amines) is 1. The van der Waals surface area contributed by atoms with Gasteiger partial charge in [-0.2, -0.15) is 5.26 Å². The van der Waals surface area contributed by atoms with Crippen LogP contribution < -0.4 is 5.73 Å². The number of hydrogen-bond acceptors (Lipinski definition) is 6. The minimum absolute atomic E-state index is 0.0336. The molecule has 1 aliphatic heterocycles. The fourth-order valence-electron chi connectivity index (χ4n) is 8.68. The lowest BCUT2D eigenvalue weighted by molar-refractivity contribution is -0.217. The first-order valence-electron chi connectivity index (χ1n) is 12.6. The maximum atomic E-state index is 13.6. The van der Waals surface area contributed by atoms with Crippen molar-refractivity contribution in [2.75, 3.05) is 14.1 Å². The second-order valence-electron chi connectivity index (χ2n) is 12.3. The van der Waals surface area contributed by atoms with E-state index in [1.165, 1.54) is 0 Å². The van der Waals surface area contributed by atoms with E-state index < -0.39 is 17.2 Å². The molecule has 7 heteroatoms. The minimum Gasteiger partial charge on any atom is -0.458 e. The molecule has 7 rings (SSSR count). The summed E-state index contributed by atoms with van der Waals surface area (Å²) in [7, 11) is 3.95. The number of esters is 1. The molecule has 0 radical (unpaired) electrons. The summed E-state index contributed by atoms with van der Waals surface area (Å²) in [5, 5.41) is 9.58. The van der Waals surface area contributed by atoms with Crippen LogP contribution in [-0.4, -0.2) is 65.0 Å². The Hall–Kier alpha value is -1.65. The molecule has 32 heavy (non-hydrogen) atoms. The van der Waals surface area contributed by atoms with Gasteiger partial charge in [-0.05, 0) is 108 Å². The molecule has 0 aromatic carbocycles. The van der Waals surface area contributed by atoms with Gasteiger partial charge in [0.25, 0.3) is 0 Å². The summed E-state index contributed by atoms with van der Waals surface area (Å²) in [6.07, 6.45) is 10.2. The number of likely N-dealkylation sites (N-methyl/N-ethyl adjacent to an activating group) is 1. The molecule has 7 aliphatic rings. The third-order valence-electron chi connectivity index (χ3n) is 10.2. The van der Waals surface area contributed by atoms with Gasteiger partial charge in [-0.25, -0.2) is 0 Å². The van der Waals surface area contributed by atoms with E-state index in [1.54, 1.807) is 0 Å². The molecule has 0 spiro atoms. The standard InChI is InChI=1S/C25H36N4O3/c1-28(2)25(4-3-5-25)22(31)32-24-11-15-6-16(12-24)10-23(9-15,14-24)20(27)21(30)29-18(13-26)7-17-8-19(17)29/h15-20H,3-12,14,27H2,1-2H3/t15-,16?,17?,18-,19?,20+,23?,24?/m0/s1. The third-order valence-corrected chi connectivity index (χ3v) is 10.2. The first-order valence-corrected chi connectivity index (χ1v) is 12.6. The largest absolute Gasteiger partial charge is 0.458 e. The number of nitrogens with zero attached hydrogens (tertiary/aromatic N) is 3. The molecular formula is C25H36N4O3. The summed E-state index contributed by atoms with van der Waals surface area (Å²) in [5.41, 5.74) is 5.55. The van der Waals surface area contributed by atoms with Crippen molar-refractivity contribution in [3.05, 3.63) is 0 Å². The summed E-state index contributed by atoms with van der Waals surface area (Å²) in [5.74, 6) is 1.32. The molecule has 4 bridgehead atoms. The Balaban J connectivity index is 1.25. The second-order valence-corrected chi connectivity index (χ2v) is 12.3. The third kappa shape index (κ3) is 2.78. The number of nitriles is 1. The number of amides is 1. The van der Waals surface area contributed by atoms with Gasteiger partial charge in [0.05, 0.1) is 12.1 Å². The van der Waals surface area contributed by atoms with Gasteiger partial charge in [0.1, 0.15) is 17.2 Å². The van der Waals surface area contributed by atoms with Crippen molar-refractivity contribution in [2.45, 2.75) is 99.9 Å². The van der Waals surface area contributed by atoms with Crippen molar-refractivity contribution >= 4 is 11.9 Å². The summed E-state index contributed by atoms with van der Waals surface area (Å²) in [6, 6.07) is 1.63. The van der Waals surface area contributed by atoms with Gasteiger partial charge >= 0.3 is 5.97 Å². The smallest absolute Gasteiger partial charge is 0.327 e. The Labute approximate surface area is 190 Å². The Morgan fingerprint density at radius 2 is 1.81 bits per heavy atom. The van der Waals surface area contributed by atoms with Gasteiger partial charge in [-0.1, -0.05) is 0 Å². The van der Waals surface area contributed by atoms with E-state index in [4.69, 9.17) is 10.5 Å². The fourth-order valence-corrected chi connectivity index (χ4v) is 8.68. The zero-order valence-electron chi connectivity index (χ0n) is 19.4. The van der Waals surface area contributed by atoms with Crippen LogP contribution in [0.3, 0.4) is 0 Å². The zero-order chi connectivity index (χ0) is 22.5. The molecule has 0 aromatic rings. The topological polar surface area (TPSA) is 99.7 Å². The molecule has 1 amide bonds. The SMILES string of the molecule is CN(C)C1(C(=O)OC23CC4C[C@H](C2)CC([C@H](N)C(=O)N2C5CC5C[C@H]2C#N)(C4)C3)CCC1. The Morgan fingerprint density at radius 3 is 2.38 bits per heavy atom. The van der Waals surface area contributed by atoms with Gasteiger partial charge in [-0.15, -0.1) is 0 Å². The summed E-state index contributed by atoms with van der Waals surface area (Å²) in [6.45, 7) is 0. The molecule has 2 N–H and O–H groups in total. The minimum atomic E-state index is -0.604. The number of hydrogen-bond donors (Lipinski definition) is 1. The highest BCUT2D eigenvalue weighted by Crippen LogP contribution is 2.64. The van der Waals surface area contributed by atoms with Crippen molar-refractivity contribution in [3.8, 4) is 6.07 Å². The van der Waals surface area contributed by atoms with E-state index in [-0.39, 0.29) is 29.4 Å². The molecule has 1 heterocycles. The van der Waals surface area contributed by atoms with Crippen LogP contribution in [0.5, 0.6) is 0 Å². The highest BCUT2D eigenvalue weighted by atomic mass is 16.6. The van der Waals surface area contributed by atoms with Crippen LogP contribution in [0, 0.1) is 34.5 Å². The average molecular weight is 441 g/mol. The van der Waals surface area contributed by atoms with E-state index >= 15 is 0 Å². The van der Waals surface area contributed by atoms with Crippen LogP contribution in [0.15, 0.2) is 0 Å². The van der Waals surface area contributed by atoms with Gasteiger partial charge in [0.2, 0.25) is 5.91 Å². The lowest BCUT2D eigenvalue weighted by Gasteiger charge is -2.63. The van der Waals surface area contributed by atoms with Crippen LogP contribution in [0.2, 0.25) is 0 Å². The number of carbonyl (C=O) groups is 2. The molecule has 6 saturated carbocycles. The van der Waals surface area contributed by atoms with Crippen LogP contribution in [0.1, 0.15) is 70.6 Å². The first-order chi connectivity index (χ1) is 15.2. The van der Waals surface area contributed by atoms with E-state index in [0.29, 0.717) is 24.2 Å². The maximum Gasteiger partial charge on any atom is 0.327 e. The Kier molecular flexibility index (Phi) is 4.38. The van der Waals surface area contributed by atoms with Crippen molar-refractivity contribution in [3.63, 3.8) is 0 Å². The van der Waals surface area contributed by atoms with Crippen LogP contribution >= 0.6 is 0 Å². The molecule has 7 fully saturated rings. The highest BCUT2D eigenvalue weighted by molar-refractivity contribution is 5.85. The maximum absolute atomic E-state index is 13.6. The van der Waals surface area contributed by atoms with Crippen LogP contribution in [0.25, 0.3) is 0 Å². The molecule has 1 saturated heterocycles. The molecule has 6 aliphatic carbocycles. The molecule has 7 nitrogen and oxygen atoms in total. The zero-order valence-corrected chi connectivity index (χ0v) is 19.4. The number of carbonyl (C=O) groups excluding carboxylic acids is 2. The van der Waals surface area contributed by atoms with Gasteiger partial charge < -0.3 is 15.4 Å². The lowest BCUT2D eigenvalue weighted by Crippen LogP contribution is -2.67. The predicted molar refractivity (Wildman–Crippen MR) is 117 cm³/mol. The molecular weight excluding hydrogens is 404 g/mol. The highest BCUT2D eigenvalue weighted by Gasteiger charge is 2.65. The monoisotopic (exact) mass is 440 g/mol. The summed E-state index contributed by atoms with van der Waals surface area (Å²) >= 11 is 0. The molecule has 0 aromatic heterocycles. The number of nitrogens with two attached hydrogens (primary N) is 1. The predicted octanol–water partition coefficient (Wildman–Crippen LogP) is 2.19. The normalized spacial score (nSPS) is 45.7. The van der Waals surface area contributed by atoms with Gasteiger partial charge in [0.15, 0.2) is 0 Å². The van der Waals surface area contributed by atoms with Crippen molar-refractivity contribution in [2.24, 2.45) is 28.9 Å². The lowest BCUT2D eigenvalue weighted by atomic mass is 9.46. The average Bonchev–Trinajstić information content (AvgIpc) is 3.34. The number of fused-ring (bicyclic) bond motifs is 1. The van der Waals surface area contributed by atoms with E-state index in [0.717, 1.165) is 64.2 Å². The van der Waals surface area contributed by atoms with Gasteiger partial charge in [-0.3, -0.25) is 14.5 Å². The van der Waals surface area contributed by atoms with Crippen molar-refractivity contribution < 1.29 is 14.3 Å². The van der Waals surface area contributed by atoms with Crippen LogP contribution in [-0.2, 0) is 14.3 Å².